The van der Waals surface area contributed by atoms with Crippen LogP contribution in [0.1, 0.15) is 58.5 Å². The minimum absolute atomic E-state index is 0.0713. The number of carbonyl (C=O) groups excluding carboxylic acids is 3. The second kappa shape index (κ2) is 8.53. The lowest BCUT2D eigenvalue weighted by molar-refractivity contribution is -0.131. The van der Waals surface area contributed by atoms with Crippen LogP contribution in [0.25, 0.3) is 0 Å². The molecule has 0 aliphatic heterocycles. The predicted octanol–water partition coefficient (Wildman–Crippen LogP) is 3.12. The Hall–Kier alpha value is -1.89. The molecule has 0 fully saturated rings. The Bertz CT molecular complexity index is 561. The molecule has 1 aromatic rings. The average Bonchev–Trinajstić information content (AvgIpc) is 2.79. The first-order valence-electron chi connectivity index (χ1n) is 7.08. The molecule has 0 unspecified atom stereocenters. The molecule has 22 heavy (non-hydrogen) atoms. The molecule has 0 radical (unpaired) electrons. The van der Waals surface area contributed by atoms with E-state index in [1.54, 1.807) is 6.92 Å². The van der Waals surface area contributed by atoms with Gasteiger partial charge >= 0.3 is 17.9 Å². The van der Waals surface area contributed by atoms with Crippen LogP contribution in [0.4, 0.5) is 0 Å². The summed E-state index contributed by atoms with van der Waals surface area (Å²) in [6, 6.07) is 0. The first kappa shape index (κ1) is 18.2. The lowest BCUT2D eigenvalue weighted by atomic mass is 10.2. The quantitative estimate of drug-likeness (QED) is 0.716. The van der Waals surface area contributed by atoms with Crippen molar-refractivity contribution in [1.29, 1.82) is 0 Å². The summed E-state index contributed by atoms with van der Waals surface area (Å²) in [5.74, 6) is -1.64. The molecule has 122 valence electrons. The van der Waals surface area contributed by atoms with Crippen molar-refractivity contribution in [1.82, 2.24) is 0 Å². The smallest absolute Gasteiger partial charge is 0.352 e. The van der Waals surface area contributed by atoms with E-state index < -0.39 is 17.9 Å². The molecule has 0 aliphatic carbocycles. The van der Waals surface area contributed by atoms with Crippen LogP contribution in [0.15, 0.2) is 0 Å². The Morgan fingerprint density at radius 3 is 1.91 bits per heavy atom. The van der Waals surface area contributed by atoms with Gasteiger partial charge in [0.05, 0.1) is 13.2 Å². The van der Waals surface area contributed by atoms with Gasteiger partial charge in [-0.25, -0.2) is 9.59 Å². The normalized spacial score (nSPS) is 10.2. The second-order valence-electron chi connectivity index (χ2n) is 4.58. The lowest BCUT2D eigenvalue weighted by Gasteiger charge is -2.05. The van der Waals surface area contributed by atoms with Crippen molar-refractivity contribution in [3.8, 4) is 5.75 Å². The summed E-state index contributed by atoms with van der Waals surface area (Å²) in [5, 5.41) is 0. The summed E-state index contributed by atoms with van der Waals surface area (Å²) in [6.07, 6.45) is 1.36. The summed E-state index contributed by atoms with van der Waals surface area (Å²) >= 11 is 0.919. The maximum atomic E-state index is 12.1. The van der Waals surface area contributed by atoms with Gasteiger partial charge in [-0.15, -0.1) is 11.3 Å². The Morgan fingerprint density at radius 1 is 0.955 bits per heavy atom. The Morgan fingerprint density at radius 2 is 1.45 bits per heavy atom. The molecule has 1 aromatic heterocycles. The third-order valence-corrected chi connectivity index (χ3v) is 3.82. The molecule has 0 N–H and O–H groups in total. The Kier molecular flexibility index (Phi) is 7.04. The van der Waals surface area contributed by atoms with E-state index in [0.717, 1.165) is 11.3 Å². The van der Waals surface area contributed by atoms with Crippen LogP contribution in [0.5, 0.6) is 5.75 Å². The number of rotatable bonds is 7. The third-order valence-electron chi connectivity index (χ3n) is 2.58. The van der Waals surface area contributed by atoms with E-state index in [-0.39, 0.29) is 28.7 Å². The molecule has 1 heterocycles. The van der Waals surface area contributed by atoms with Crippen molar-refractivity contribution in [3.05, 3.63) is 15.3 Å². The summed E-state index contributed by atoms with van der Waals surface area (Å²) in [7, 11) is 0. The fourth-order valence-electron chi connectivity index (χ4n) is 1.61. The fraction of sp³-hybridized carbons (Fsp3) is 0.533. The number of hydrogen-bond donors (Lipinski definition) is 0. The average molecular weight is 328 g/mol. The Balaban J connectivity index is 3.15. The van der Waals surface area contributed by atoms with Gasteiger partial charge in [0, 0.05) is 12.5 Å². The maximum absolute atomic E-state index is 12.1. The largest absolute Gasteiger partial charge is 0.462 e. The minimum Gasteiger partial charge on any atom is -0.462 e. The molecule has 0 saturated heterocycles. The molecule has 1 rings (SSSR count). The van der Waals surface area contributed by atoms with Gasteiger partial charge in [0.25, 0.3) is 0 Å². The van der Waals surface area contributed by atoms with E-state index in [9.17, 15) is 14.4 Å². The van der Waals surface area contributed by atoms with Gasteiger partial charge in [-0.3, -0.25) is 4.79 Å². The van der Waals surface area contributed by atoms with Crippen LogP contribution in [0.3, 0.4) is 0 Å². The van der Waals surface area contributed by atoms with Gasteiger partial charge in [-0.05, 0) is 19.8 Å². The predicted molar refractivity (Wildman–Crippen MR) is 81.5 cm³/mol. The van der Waals surface area contributed by atoms with Crippen LogP contribution < -0.4 is 4.74 Å². The monoisotopic (exact) mass is 328 g/mol. The number of thiophene rings is 1. The number of esters is 3. The van der Waals surface area contributed by atoms with Crippen LogP contribution in [-0.4, -0.2) is 31.1 Å². The third kappa shape index (κ3) is 4.56. The van der Waals surface area contributed by atoms with E-state index in [2.05, 4.69) is 0 Å². The minimum atomic E-state index is -0.610. The highest BCUT2D eigenvalue weighted by molar-refractivity contribution is 7.16. The molecule has 0 spiro atoms. The van der Waals surface area contributed by atoms with Crippen molar-refractivity contribution in [2.75, 3.05) is 13.2 Å². The fourth-order valence-corrected chi connectivity index (χ4v) is 2.64. The SMILES string of the molecule is CCCOC(=O)c1sc(C(=O)OCCC)c(OC(C)=O)c1C. The highest BCUT2D eigenvalue weighted by Crippen LogP contribution is 2.36. The van der Waals surface area contributed by atoms with Crippen LogP contribution >= 0.6 is 11.3 Å². The van der Waals surface area contributed by atoms with E-state index in [4.69, 9.17) is 14.2 Å². The highest BCUT2D eigenvalue weighted by atomic mass is 32.1. The molecule has 6 nitrogen and oxygen atoms in total. The molecule has 0 amide bonds. The number of ether oxygens (including phenoxy) is 3. The van der Waals surface area contributed by atoms with Crippen molar-refractivity contribution in [2.45, 2.75) is 40.5 Å². The van der Waals surface area contributed by atoms with Crippen molar-refractivity contribution >= 4 is 29.2 Å². The first-order valence-corrected chi connectivity index (χ1v) is 7.90. The topological polar surface area (TPSA) is 78.9 Å². The lowest BCUT2D eigenvalue weighted by Crippen LogP contribution is -2.09. The number of hydrogen-bond acceptors (Lipinski definition) is 7. The molecule has 0 aliphatic rings. The maximum Gasteiger partial charge on any atom is 0.352 e. The molecule has 0 atom stereocenters. The summed E-state index contributed by atoms with van der Waals surface area (Å²) in [6.45, 7) is 7.13. The molecule has 0 bridgehead atoms. The van der Waals surface area contributed by atoms with E-state index in [1.165, 1.54) is 6.92 Å². The standard InChI is InChI=1S/C15H20O6S/c1-5-7-19-14(17)12-9(3)11(21-10(4)16)13(22-12)15(18)20-8-6-2/h5-8H2,1-4H3. The zero-order chi connectivity index (χ0) is 16.7. The van der Waals surface area contributed by atoms with Crippen LogP contribution in [0, 0.1) is 6.92 Å². The molecular formula is C15H20O6S. The second-order valence-corrected chi connectivity index (χ2v) is 5.60. The highest BCUT2D eigenvalue weighted by Gasteiger charge is 2.28. The molecule has 7 heteroatoms. The van der Waals surface area contributed by atoms with E-state index in [0.29, 0.717) is 18.4 Å². The van der Waals surface area contributed by atoms with Gasteiger partial charge in [-0.1, -0.05) is 13.8 Å². The van der Waals surface area contributed by atoms with Crippen molar-refractivity contribution < 1.29 is 28.6 Å². The molecular weight excluding hydrogens is 308 g/mol. The van der Waals surface area contributed by atoms with Gasteiger partial charge in [-0.2, -0.15) is 0 Å². The molecule has 0 aromatic carbocycles. The first-order chi connectivity index (χ1) is 10.4. The van der Waals surface area contributed by atoms with Crippen molar-refractivity contribution in [3.63, 3.8) is 0 Å². The zero-order valence-corrected chi connectivity index (χ0v) is 14.0. The van der Waals surface area contributed by atoms with E-state index >= 15 is 0 Å². The van der Waals surface area contributed by atoms with Gasteiger partial charge < -0.3 is 14.2 Å². The molecule has 0 saturated carbocycles. The number of carbonyl (C=O) groups is 3. The van der Waals surface area contributed by atoms with Gasteiger partial charge in [0.1, 0.15) is 4.88 Å². The van der Waals surface area contributed by atoms with Gasteiger partial charge in [0.15, 0.2) is 10.6 Å². The summed E-state index contributed by atoms with van der Waals surface area (Å²) in [5.41, 5.74) is 0.407. The summed E-state index contributed by atoms with van der Waals surface area (Å²) in [4.78, 5) is 35.6. The summed E-state index contributed by atoms with van der Waals surface area (Å²) < 4.78 is 15.2. The van der Waals surface area contributed by atoms with Crippen LogP contribution in [-0.2, 0) is 14.3 Å². The van der Waals surface area contributed by atoms with Crippen LogP contribution in [0.2, 0.25) is 0 Å². The zero-order valence-electron chi connectivity index (χ0n) is 13.2. The van der Waals surface area contributed by atoms with Crippen molar-refractivity contribution in [2.24, 2.45) is 0 Å². The van der Waals surface area contributed by atoms with E-state index in [1.807, 2.05) is 13.8 Å². The van der Waals surface area contributed by atoms with Gasteiger partial charge in [0.2, 0.25) is 0 Å². The Labute approximate surface area is 133 Å².